The molecule has 2 aromatic rings. The second kappa shape index (κ2) is 12.1. The summed E-state index contributed by atoms with van der Waals surface area (Å²) >= 11 is 0. The fraction of sp³-hybridized carbons (Fsp3) is 0.556. The van der Waals surface area contributed by atoms with Crippen molar-refractivity contribution in [3.63, 3.8) is 0 Å². The molecule has 0 spiro atoms. The minimum atomic E-state index is -0.157. The Hall–Kier alpha value is -1.87. The molecule has 0 saturated carbocycles. The molecule has 2 atom stereocenters. The number of hydrogen-bond donors (Lipinski definition) is 1. The first kappa shape index (κ1) is 22.8. The van der Waals surface area contributed by atoms with Gasteiger partial charge >= 0.3 is 0 Å². The Balaban J connectivity index is 1.60. The smallest absolute Gasteiger partial charge is 0.123 e. The highest BCUT2D eigenvalue weighted by molar-refractivity contribution is 5.42. The highest BCUT2D eigenvalue weighted by Gasteiger charge is 2.30. The van der Waals surface area contributed by atoms with Crippen molar-refractivity contribution >= 4 is 0 Å². The van der Waals surface area contributed by atoms with Crippen LogP contribution >= 0.6 is 0 Å². The van der Waals surface area contributed by atoms with Crippen LogP contribution in [0.25, 0.3) is 0 Å². The van der Waals surface area contributed by atoms with E-state index >= 15 is 0 Å². The standard InChI is InChI=1S/C27H37FO2/c1-30-24-16-18-26-22(20-24)13-17-25(21-11-14-23(28)15-12-21)27(26)10-8-6-4-2-3-5-7-9-19-29/h11-12,14-16,18,20,25,27,29H,2-10,13,17,19H2,1H3. The highest BCUT2D eigenvalue weighted by Crippen LogP contribution is 2.46. The average Bonchev–Trinajstić information content (AvgIpc) is 2.78. The zero-order valence-corrected chi connectivity index (χ0v) is 18.4. The molecule has 1 aliphatic carbocycles. The lowest BCUT2D eigenvalue weighted by Crippen LogP contribution is -2.19. The molecular weight excluding hydrogens is 375 g/mol. The van der Waals surface area contributed by atoms with Gasteiger partial charge in [0.2, 0.25) is 0 Å². The molecule has 0 saturated heterocycles. The number of aryl methyl sites for hydroxylation is 1. The molecule has 0 heterocycles. The minimum absolute atomic E-state index is 0.157. The van der Waals surface area contributed by atoms with Crippen molar-refractivity contribution in [2.24, 2.45) is 0 Å². The van der Waals surface area contributed by atoms with Crippen molar-refractivity contribution in [3.05, 3.63) is 65.0 Å². The van der Waals surface area contributed by atoms with E-state index < -0.39 is 0 Å². The van der Waals surface area contributed by atoms with Crippen molar-refractivity contribution in [2.75, 3.05) is 13.7 Å². The number of ether oxygens (including phenoxy) is 1. The number of aliphatic hydroxyl groups is 1. The molecule has 2 aromatic carbocycles. The van der Waals surface area contributed by atoms with Gasteiger partial charge in [-0.1, -0.05) is 63.1 Å². The molecule has 164 valence electrons. The Kier molecular flexibility index (Phi) is 9.20. The Bertz CT molecular complexity index is 756. The lowest BCUT2D eigenvalue weighted by Gasteiger charge is -2.34. The molecule has 30 heavy (non-hydrogen) atoms. The molecule has 1 N–H and O–H groups in total. The van der Waals surface area contributed by atoms with Crippen molar-refractivity contribution in [1.82, 2.24) is 0 Å². The monoisotopic (exact) mass is 412 g/mol. The van der Waals surface area contributed by atoms with Crippen LogP contribution in [0.1, 0.15) is 92.7 Å². The predicted molar refractivity (Wildman–Crippen MR) is 122 cm³/mol. The lowest BCUT2D eigenvalue weighted by atomic mass is 9.70. The van der Waals surface area contributed by atoms with Crippen LogP contribution < -0.4 is 4.74 Å². The van der Waals surface area contributed by atoms with Crippen LogP contribution in [0.5, 0.6) is 5.75 Å². The van der Waals surface area contributed by atoms with E-state index in [1.807, 2.05) is 12.1 Å². The summed E-state index contributed by atoms with van der Waals surface area (Å²) in [7, 11) is 1.73. The van der Waals surface area contributed by atoms with E-state index in [0.29, 0.717) is 18.4 Å². The predicted octanol–water partition coefficient (Wildman–Crippen LogP) is 7.15. The fourth-order valence-corrected chi connectivity index (χ4v) is 5.02. The van der Waals surface area contributed by atoms with Gasteiger partial charge in [0.1, 0.15) is 11.6 Å². The zero-order chi connectivity index (χ0) is 21.2. The molecular formula is C27H37FO2. The molecule has 0 aliphatic heterocycles. The van der Waals surface area contributed by atoms with E-state index in [1.165, 1.54) is 61.6 Å². The molecule has 0 bridgehead atoms. The van der Waals surface area contributed by atoms with Crippen LogP contribution in [0.3, 0.4) is 0 Å². The van der Waals surface area contributed by atoms with Crippen molar-refractivity contribution in [3.8, 4) is 5.75 Å². The van der Waals surface area contributed by atoms with Gasteiger partial charge in [-0.2, -0.15) is 0 Å². The van der Waals surface area contributed by atoms with E-state index in [0.717, 1.165) is 31.4 Å². The molecule has 0 amide bonds. The number of hydrogen-bond acceptors (Lipinski definition) is 2. The van der Waals surface area contributed by atoms with Crippen LogP contribution in [0, 0.1) is 5.82 Å². The first-order valence-electron chi connectivity index (χ1n) is 11.8. The number of benzene rings is 2. The second-order valence-electron chi connectivity index (χ2n) is 8.71. The Morgan fingerprint density at radius 3 is 2.23 bits per heavy atom. The molecule has 0 fully saturated rings. The van der Waals surface area contributed by atoms with E-state index in [-0.39, 0.29) is 5.82 Å². The number of aliphatic hydroxyl groups excluding tert-OH is 1. The Morgan fingerprint density at radius 2 is 1.57 bits per heavy atom. The van der Waals surface area contributed by atoms with Crippen molar-refractivity contribution in [1.29, 1.82) is 0 Å². The van der Waals surface area contributed by atoms with Gasteiger partial charge in [0.25, 0.3) is 0 Å². The van der Waals surface area contributed by atoms with Gasteiger partial charge in [-0.15, -0.1) is 0 Å². The summed E-state index contributed by atoms with van der Waals surface area (Å²) < 4.78 is 18.9. The van der Waals surface area contributed by atoms with Crippen LogP contribution in [-0.2, 0) is 6.42 Å². The maximum absolute atomic E-state index is 13.5. The quantitative estimate of drug-likeness (QED) is 0.375. The average molecular weight is 413 g/mol. The molecule has 2 nitrogen and oxygen atoms in total. The van der Waals surface area contributed by atoms with Crippen LogP contribution in [-0.4, -0.2) is 18.8 Å². The van der Waals surface area contributed by atoms with Crippen molar-refractivity contribution < 1.29 is 14.2 Å². The third-order valence-electron chi connectivity index (χ3n) is 6.68. The van der Waals surface area contributed by atoms with Crippen LogP contribution in [0.2, 0.25) is 0 Å². The van der Waals surface area contributed by atoms with E-state index in [1.54, 1.807) is 19.2 Å². The molecule has 3 heteroatoms. The number of unbranched alkanes of at least 4 members (excludes halogenated alkanes) is 7. The molecule has 0 radical (unpaired) electrons. The Morgan fingerprint density at radius 1 is 0.900 bits per heavy atom. The minimum Gasteiger partial charge on any atom is -0.497 e. The number of fused-ring (bicyclic) bond motifs is 1. The summed E-state index contributed by atoms with van der Waals surface area (Å²) in [6.45, 7) is 0.323. The summed E-state index contributed by atoms with van der Waals surface area (Å²) in [5.41, 5.74) is 4.15. The summed E-state index contributed by atoms with van der Waals surface area (Å²) in [4.78, 5) is 0. The van der Waals surface area contributed by atoms with Gasteiger partial charge in [0, 0.05) is 6.61 Å². The van der Waals surface area contributed by atoms with Crippen molar-refractivity contribution in [2.45, 2.75) is 82.5 Å². The number of rotatable bonds is 12. The molecule has 3 rings (SSSR count). The normalized spacial score (nSPS) is 18.2. The third kappa shape index (κ3) is 6.31. The number of halogens is 1. The molecule has 1 aliphatic rings. The summed E-state index contributed by atoms with van der Waals surface area (Å²) in [5, 5.41) is 8.85. The first-order valence-corrected chi connectivity index (χ1v) is 11.8. The molecule has 2 unspecified atom stereocenters. The van der Waals surface area contributed by atoms with Crippen LogP contribution in [0.4, 0.5) is 4.39 Å². The largest absolute Gasteiger partial charge is 0.497 e. The fourth-order valence-electron chi connectivity index (χ4n) is 5.02. The maximum Gasteiger partial charge on any atom is 0.123 e. The first-order chi connectivity index (χ1) is 14.7. The van der Waals surface area contributed by atoms with E-state index in [4.69, 9.17) is 9.84 Å². The maximum atomic E-state index is 13.5. The summed E-state index contributed by atoms with van der Waals surface area (Å²) in [5.74, 6) is 1.74. The topological polar surface area (TPSA) is 29.5 Å². The Labute approximate surface area is 181 Å². The third-order valence-corrected chi connectivity index (χ3v) is 6.68. The zero-order valence-electron chi connectivity index (χ0n) is 18.4. The lowest BCUT2D eigenvalue weighted by molar-refractivity contribution is 0.282. The molecule has 0 aromatic heterocycles. The van der Waals surface area contributed by atoms with Gasteiger partial charge < -0.3 is 9.84 Å². The number of methoxy groups -OCH3 is 1. The second-order valence-corrected chi connectivity index (χ2v) is 8.71. The van der Waals surface area contributed by atoms with E-state index in [9.17, 15) is 4.39 Å². The van der Waals surface area contributed by atoms with Gasteiger partial charge in [0.05, 0.1) is 7.11 Å². The van der Waals surface area contributed by atoms with Crippen LogP contribution in [0.15, 0.2) is 42.5 Å². The highest BCUT2D eigenvalue weighted by atomic mass is 19.1. The van der Waals surface area contributed by atoms with Gasteiger partial charge in [-0.05, 0) is 78.5 Å². The van der Waals surface area contributed by atoms with E-state index in [2.05, 4.69) is 18.2 Å². The summed E-state index contributed by atoms with van der Waals surface area (Å²) in [6.07, 6.45) is 13.1. The van der Waals surface area contributed by atoms with Gasteiger partial charge in [-0.25, -0.2) is 4.39 Å². The summed E-state index contributed by atoms with van der Waals surface area (Å²) in [6, 6.07) is 13.7. The van der Waals surface area contributed by atoms with Gasteiger partial charge in [-0.3, -0.25) is 0 Å². The SMILES string of the molecule is COc1ccc2c(c1)CCC(c1ccc(F)cc1)C2CCCCCCCCCCO. The van der Waals surface area contributed by atoms with Gasteiger partial charge in [0.15, 0.2) is 0 Å².